The lowest BCUT2D eigenvalue weighted by molar-refractivity contribution is -0.122. The molecular formula is C20H25N3O3S. The first-order chi connectivity index (χ1) is 13.0. The Balaban J connectivity index is 1.84. The molecule has 0 saturated heterocycles. The molecule has 1 unspecified atom stereocenters. The van der Waals surface area contributed by atoms with Gasteiger partial charge in [-0.05, 0) is 42.1 Å². The molecular weight excluding hydrogens is 362 g/mol. The number of anilines is 1. The molecule has 2 rings (SSSR count). The number of methoxy groups -OCH3 is 1. The Labute approximate surface area is 163 Å². The van der Waals surface area contributed by atoms with Crippen LogP contribution in [-0.4, -0.2) is 31.0 Å². The van der Waals surface area contributed by atoms with Crippen LogP contribution in [0.3, 0.4) is 0 Å². The van der Waals surface area contributed by atoms with Gasteiger partial charge in [0.1, 0.15) is 5.75 Å². The van der Waals surface area contributed by atoms with Gasteiger partial charge in [-0.25, -0.2) is 0 Å². The fourth-order valence-electron chi connectivity index (χ4n) is 2.38. The Hall–Kier alpha value is -2.64. The second-order valence-corrected chi connectivity index (χ2v) is 7.02. The van der Waals surface area contributed by atoms with E-state index in [4.69, 9.17) is 10.5 Å². The van der Waals surface area contributed by atoms with Crippen molar-refractivity contribution in [2.75, 3.05) is 12.4 Å². The van der Waals surface area contributed by atoms with Crippen LogP contribution in [0.5, 0.6) is 5.75 Å². The number of thiophene rings is 1. The van der Waals surface area contributed by atoms with Crippen LogP contribution in [0.15, 0.2) is 53.9 Å². The molecule has 0 saturated carbocycles. The minimum absolute atomic E-state index is 0.226. The maximum Gasteiger partial charge on any atom is 0.248 e. The first-order valence-electron chi connectivity index (χ1n) is 8.73. The van der Waals surface area contributed by atoms with Crippen molar-refractivity contribution in [2.45, 2.75) is 31.8 Å². The molecule has 6 nitrogen and oxygen atoms in total. The minimum atomic E-state index is -0.612. The molecule has 4 N–H and O–H groups in total. The van der Waals surface area contributed by atoms with Gasteiger partial charge >= 0.3 is 0 Å². The van der Waals surface area contributed by atoms with Crippen molar-refractivity contribution in [3.8, 4) is 5.75 Å². The van der Waals surface area contributed by atoms with E-state index in [0.29, 0.717) is 18.5 Å². The van der Waals surface area contributed by atoms with Crippen LogP contribution in [0.25, 0.3) is 0 Å². The smallest absolute Gasteiger partial charge is 0.248 e. The number of amides is 2. The largest absolute Gasteiger partial charge is 0.497 e. The van der Waals surface area contributed by atoms with Gasteiger partial charge in [0.15, 0.2) is 0 Å². The van der Waals surface area contributed by atoms with E-state index in [2.05, 4.69) is 10.6 Å². The van der Waals surface area contributed by atoms with Gasteiger partial charge in [0.05, 0.1) is 13.2 Å². The van der Waals surface area contributed by atoms with Gasteiger partial charge in [-0.15, -0.1) is 11.3 Å². The first kappa shape index (κ1) is 20.7. The van der Waals surface area contributed by atoms with Gasteiger partial charge in [0.2, 0.25) is 11.8 Å². The third-order valence-electron chi connectivity index (χ3n) is 3.94. The molecule has 0 aliphatic heterocycles. The number of ether oxygens (including phenoxy) is 1. The Kier molecular flexibility index (Phi) is 8.03. The molecule has 1 heterocycles. The van der Waals surface area contributed by atoms with Crippen molar-refractivity contribution in [1.29, 1.82) is 0 Å². The highest BCUT2D eigenvalue weighted by Crippen LogP contribution is 2.15. The van der Waals surface area contributed by atoms with Crippen LogP contribution in [-0.2, 0) is 16.0 Å². The normalized spacial score (nSPS) is 13.1. The van der Waals surface area contributed by atoms with Crippen molar-refractivity contribution in [3.05, 3.63) is 58.8 Å². The molecule has 27 heavy (non-hydrogen) atoms. The fraction of sp³-hybridized carbons (Fsp3) is 0.300. The molecule has 1 aromatic carbocycles. The van der Waals surface area contributed by atoms with Gasteiger partial charge in [-0.3, -0.25) is 9.59 Å². The molecule has 144 valence electrons. The first-order valence-corrected chi connectivity index (χ1v) is 9.61. The van der Waals surface area contributed by atoms with Gasteiger partial charge in [-0.1, -0.05) is 19.1 Å². The molecule has 0 radical (unpaired) electrons. The molecule has 1 aromatic heterocycles. The number of hydrogen-bond donors (Lipinski definition) is 3. The summed E-state index contributed by atoms with van der Waals surface area (Å²) in [7, 11) is 1.59. The SMILES string of the molecule is CCC(C=CC(=O)Nc1ccc(OC)cc1)NC(=O)[C@@H](N)Cc1cccs1. The summed E-state index contributed by atoms with van der Waals surface area (Å²) in [5.41, 5.74) is 6.64. The third-order valence-corrected chi connectivity index (χ3v) is 4.84. The lowest BCUT2D eigenvalue weighted by Crippen LogP contribution is -2.45. The quantitative estimate of drug-likeness (QED) is 0.577. The van der Waals surface area contributed by atoms with Crippen molar-refractivity contribution < 1.29 is 14.3 Å². The summed E-state index contributed by atoms with van der Waals surface area (Å²) >= 11 is 1.58. The molecule has 2 amide bonds. The average molecular weight is 388 g/mol. The summed E-state index contributed by atoms with van der Waals surface area (Å²) in [6.45, 7) is 1.93. The number of nitrogens with one attached hydrogen (secondary N) is 2. The molecule has 0 bridgehead atoms. The fourth-order valence-corrected chi connectivity index (χ4v) is 3.14. The lowest BCUT2D eigenvalue weighted by atomic mass is 10.1. The van der Waals surface area contributed by atoms with Gasteiger partial charge in [-0.2, -0.15) is 0 Å². The van der Waals surface area contributed by atoms with E-state index in [1.807, 2.05) is 24.4 Å². The molecule has 0 fully saturated rings. The van der Waals surface area contributed by atoms with Crippen LogP contribution >= 0.6 is 11.3 Å². The predicted molar refractivity (Wildman–Crippen MR) is 109 cm³/mol. The van der Waals surface area contributed by atoms with E-state index in [9.17, 15) is 9.59 Å². The van der Waals surface area contributed by atoms with E-state index < -0.39 is 6.04 Å². The maximum atomic E-state index is 12.3. The molecule has 0 aliphatic rings. The number of benzene rings is 1. The average Bonchev–Trinajstić information content (AvgIpc) is 3.18. The Morgan fingerprint density at radius 2 is 2.00 bits per heavy atom. The predicted octanol–water partition coefficient (Wildman–Crippen LogP) is 2.72. The van der Waals surface area contributed by atoms with E-state index in [1.54, 1.807) is 48.8 Å². The number of hydrogen-bond acceptors (Lipinski definition) is 5. The van der Waals surface area contributed by atoms with Crippen molar-refractivity contribution >= 4 is 28.8 Å². The van der Waals surface area contributed by atoms with Crippen LogP contribution in [0.2, 0.25) is 0 Å². The summed E-state index contributed by atoms with van der Waals surface area (Å²) in [6, 6.07) is 10.1. The van der Waals surface area contributed by atoms with Gasteiger partial charge < -0.3 is 21.1 Å². The summed E-state index contributed by atoms with van der Waals surface area (Å²) in [4.78, 5) is 25.4. The molecule has 2 aromatic rings. The number of carbonyl (C=O) groups excluding carboxylic acids is 2. The number of rotatable bonds is 9. The topological polar surface area (TPSA) is 93.5 Å². The zero-order valence-electron chi connectivity index (χ0n) is 15.5. The maximum absolute atomic E-state index is 12.3. The summed E-state index contributed by atoms with van der Waals surface area (Å²) < 4.78 is 5.08. The zero-order valence-corrected chi connectivity index (χ0v) is 16.3. The van der Waals surface area contributed by atoms with Crippen molar-refractivity contribution in [2.24, 2.45) is 5.73 Å². The molecule has 0 spiro atoms. The number of carbonyl (C=O) groups is 2. The Bertz CT molecular complexity index is 757. The van der Waals surface area contributed by atoms with Crippen LogP contribution < -0.4 is 21.1 Å². The zero-order chi connectivity index (χ0) is 19.6. The second-order valence-electron chi connectivity index (χ2n) is 5.99. The molecule has 0 aliphatic carbocycles. The Morgan fingerprint density at radius 3 is 2.59 bits per heavy atom. The highest BCUT2D eigenvalue weighted by atomic mass is 32.1. The van der Waals surface area contributed by atoms with Crippen LogP contribution in [0.1, 0.15) is 18.2 Å². The summed E-state index contributed by atoms with van der Waals surface area (Å²) in [5.74, 6) is 0.224. The van der Waals surface area contributed by atoms with Gasteiger partial charge in [0.25, 0.3) is 0 Å². The van der Waals surface area contributed by atoms with Crippen molar-refractivity contribution in [3.63, 3.8) is 0 Å². The van der Waals surface area contributed by atoms with E-state index in [1.165, 1.54) is 6.08 Å². The Morgan fingerprint density at radius 1 is 1.26 bits per heavy atom. The lowest BCUT2D eigenvalue weighted by Gasteiger charge is -2.16. The summed E-state index contributed by atoms with van der Waals surface area (Å²) in [6.07, 6.45) is 4.25. The van der Waals surface area contributed by atoms with Crippen LogP contribution in [0.4, 0.5) is 5.69 Å². The number of nitrogens with two attached hydrogens (primary N) is 1. The standard InChI is InChI=1S/C20H25N3O3S/c1-3-14(23-20(25)18(21)13-17-5-4-12-27-17)8-11-19(24)22-15-6-9-16(26-2)10-7-15/h4-12,14,18H,3,13,21H2,1-2H3,(H,22,24)(H,23,25)/t14?,18-/m0/s1. The van der Waals surface area contributed by atoms with E-state index in [-0.39, 0.29) is 17.9 Å². The van der Waals surface area contributed by atoms with Crippen LogP contribution in [0, 0.1) is 0 Å². The summed E-state index contributed by atoms with van der Waals surface area (Å²) in [5, 5.41) is 7.59. The highest BCUT2D eigenvalue weighted by molar-refractivity contribution is 7.09. The molecule has 7 heteroatoms. The van der Waals surface area contributed by atoms with E-state index >= 15 is 0 Å². The third kappa shape index (κ3) is 6.88. The second kappa shape index (κ2) is 10.5. The highest BCUT2D eigenvalue weighted by Gasteiger charge is 2.17. The van der Waals surface area contributed by atoms with Gasteiger partial charge in [0, 0.05) is 29.1 Å². The van der Waals surface area contributed by atoms with E-state index in [0.717, 1.165) is 10.6 Å². The monoisotopic (exact) mass is 387 g/mol. The molecule has 2 atom stereocenters. The minimum Gasteiger partial charge on any atom is -0.497 e. The van der Waals surface area contributed by atoms with Crippen molar-refractivity contribution in [1.82, 2.24) is 5.32 Å².